The van der Waals surface area contributed by atoms with E-state index >= 15 is 0 Å². The topological polar surface area (TPSA) is 23.6 Å². The van der Waals surface area contributed by atoms with Crippen molar-refractivity contribution in [2.75, 3.05) is 26.2 Å². The number of carbonyl (C=O) groups excluding carboxylic acids is 1. The Morgan fingerprint density at radius 2 is 1.60 bits per heavy atom. The highest BCUT2D eigenvalue weighted by Gasteiger charge is 2.18. The van der Waals surface area contributed by atoms with Crippen LogP contribution >= 0.6 is 0 Å². The lowest BCUT2D eigenvalue weighted by Crippen LogP contribution is -2.47. The predicted octanol–water partition coefficient (Wildman–Crippen LogP) is 1.63. The molecule has 84 valence electrons. The molecule has 0 aromatic heterocycles. The average molecular weight is 208 g/mol. The van der Waals surface area contributed by atoms with Gasteiger partial charge in [0.2, 0.25) is 5.91 Å². The standard InChI is InChI=1S/C12H20N2O/c1-4-6-12(5-2)14-9-7-13(8-10-14)11(3)15/h4-6H,7-10H2,1-3H3. The van der Waals surface area contributed by atoms with Gasteiger partial charge in [0, 0.05) is 38.8 Å². The minimum Gasteiger partial charge on any atom is -0.368 e. The zero-order valence-corrected chi connectivity index (χ0v) is 9.86. The molecule has 0 saturated carbocycles. The maximum absolute atomic E-state index is 11.1. The number of piperazine rings is 1. The van der Waals surface area contributed by atoms with Gasteiger partial charge >= 0.3 is 0 Å². The Labute approximate surface area is 92.0 Å². The molecule has 0 bridgehead atoms. The van der Waals surface area contributed by atoms with Crippen LogP contribution in [0.2, 0.25) is 0 Å². The number of nitrogens with zero attached hydrogens (tertiary/aromatic N) is 2. The van der Waals surface area contributed by atoms with Crippen molar-refractivity contribution in [3.63, 3.8) is 0 Å². The van der Waals surface area contributed by atoms with Gasteiger partial charge in [-0.15, -0.1) is 0 Å². The highest BCUT2D eigenvalue weighted by molar-refractivity contribution is 5.73. The SMILES string of the molecule is CC=CC(=CC)N1CCN(C(C)=O)CC1. The van der Waals surface area contributed by atoms with Crippen LogP contribution in [-0.2, 0) is 4.79 Å². The fraction of sp³-hybridized carbons (Fsp3) is 0.583. The van der Waals surface area contributed by atoms with E-state index in [4.69, 9.17) is 0 Å². The Bertz CT molecular complexity index is 273. The van der Waals surface area contributed by atoms with Crippen LogP contribution < -0.4 is 0 Å². The number of hydrogen-bond donors (Lipinski definition) is 0. The maximum Gasteiger partial charge on any atom is 0.219 e. The second-order valence-electron chi connectivity index (χ2n) is 3.71. The smallest absolute Gasteiger partial charge is 0.219 e. The zero-order chi connectivity index (χ0) is 11.3. The molecule has 0 aliphatic carbocycles. The molecule has 1 aliphatic rings. The van der Waals surface area contributed by atoms with Crippen LogP contribution in [0, 0.1) is 0 Å². The van der Waals surface area contributed by atoms with Gasteiger partial charge in [-0.05, 0) is 19.9 Å². The summed E-state index contributed by atoms with van der Waals surface area (Å²) in [5.41, 5.74) is 1.25. The van der Waals surface area contributed by atoms with Crippen molar-refractivity contribution >= 4 is 5.91 Å². The third-order valence-corrected chi connectivity index (χ3v) is 2.72. The molecule has 1 rings (SSSR count). The second kappa shape index (κ2) is 5.59. The molecule has 0 unspecified atom stereocenters. The molecule has 1 heterocycles. The van der Waals surface area contributed by atoms with Crippen LogP contribution in [0.3, 0.4) is 0 Å². The molecule has 0 spiro atoms. The van der Waals surface area contributed by atoms with Gasteiger partial charge in [-0.25, -0.2) is 0 Å². The third kappa shape index (κ3) is 3.11. The Morgan fingerprint density at radius 3 is 2.00 bits per heavy atom. The van der Waals surface area contributed by atoms with Gasteiger partial charge in [0.25, 0.3) is 0 Å². The van der Waals surface area contributed by atoms with Crippen molar-refractivity contribution in [3.05, 3.63) is 23.9 Å². The lowest BCUT2D eigenvalue weighted by Gasteiger charge is -2.36. The number of carbonyl (C=O) groups is 1. The quantitative estimate of drug-likeness (QED) is 0.644. The highest BCUT2D eigenvalue weighted by atomic mass is 16.2. The van der Waals surface area contributed by atoms with E-state index in [0.29, 0.717) is 0 Å². The molecule has 1 amide bonds. The summed E-state index contributed by atoms with van der Waals surface area (Å²) >= 11 is 0. The minimum absolute atomic E-state index is 0.183. The Balaban J connectivity index is 2.53. The van der Waals surface area contributed by atoms with Gasteiger partial charge in [-0.3, -0.25) is 4.79 Å². The minimum atomic E-state index is 0.183. The summed E-state index contributed by atoms with van der Waals surface area (Å²) in [4.78, 5) is 15.4. The number of hydrogen-bond acceptors (Lipinski definition) is 2. The van der Waals surface area contributed by atoms with Crippen molar-refractivity contribution in [3.8, 4) is 0 Å². The predicted molar refractivity (Wildman–Crippen MR) is 62.4 cm³/mol. The van der Waals surface area contributed by atoms with E-state index in [2.05, 4.69) is 17.1 Å². The van der Waals surface area contributed by atoms with E-state index in [1.807, 2.05) is 24.8 Å². The van der Waals surface area contributed by atoms with Gasteiger partial charge in [0.15, 0.2) is 0 Å². The van der Waals surface area contributed by atoms with Crippen molar-refractivity contribution in [1.82, 2.24) is 9.80 Å². The van der Waals surface area contributed by atoms with Gasteiger partial charge in [0.1, 0.15) is 0 Å². The van der Waals surface area contributed by atoms with E-state index in [-0.39, 0.29) is 5.91 Å². The Kier molecular flexibility index (Phi) is 4.40. The second-order valence-corrected chi connectivity index (χ2v) is 3.71. The normalized spacial score (nSPS) is 18.7. The van der Waals surface area contributed by atoms with Gasteiger partial charge in [-0.2, -0.15) is 0 Å². The maximum atomic E-state index is 11.1. The monoisotopic (exact) mass is 208 g/mol. The molecule has 0 radical (unpaired) electrons. The lowest BCUT2D eigenvalue weighted by molar-refractivity contribution is -0.130. The molecular weight excluding hydrogens is 188 g/mol. The summed E-state index contributed by atoms with van der Waals surface area (Å²) in [7, 11) is 0. The summed E-state index contributed by atoms with van der Waals surface area (Å²) < 4.78 is 0. The van der Waals surface area contributed by atoms with E-state index in [1.54, 1.807) is 6.92 Å². The molecule has 1 saturated heterocycles. The Hall–Kier alpha value is -1.25. The molecule has 0 atom stereocenters. The molecule has 1 aliphatic heterocycles. The first kappa shape index (κ1) is 11.8. The number of rotatable bonds is 2. The first-order valence-electron chi connectivity index (χ1n) is 5.48. The van der Waals surface area contributed by atoms with E-state index in [0.717, 1.165) is 26.2 Å². The number of amides is 1. The van der Waals surface area contributed by atoms with Gasteiger partial charge in [-0.1, -0.05) is 12.2 Å². The highest BCUT2D eigenvalue weighted by Crippen LogP contribution is 2.10. The molecule has 3 nitrogen and oxygen atoms in total. The van der Waals surface area contributed by atoms with Gasteiger partial charge in [0.05, 0.1) is 0 Å². The van der Waals surface area contributed by atoms with Gasteiger partial charge < -0.3 is 9.80 Å². The van der Waals surface area contributed by atoms with Crippen LogP contribution in [-0.4, -0.2) is 41.9 Å². The number of allylic oxidation sites excluding steroid dienone is 3. The van der Waals surface area contributed by atoms with Crippen molar-refractivity contribution in [2.24, 2.45) is 0 Å². The van der Waals surface area contributed by atoms with Crippen molar-refractivity contribution in [2.45, 2.75) is 20.8 Å². The van der Waals surface area contributed by atoms with Crippen molar-refractivity contribution in [1.29, 1.82) is 0 Å². The molecule has 1 fully saturated rings. The fourth-order valence-corrected chi connectivity index (χ4v) is 1.83. The molecule has 3 heteroatoms. The molecule has 0 aromatic rings. The van der Waals surface area contributed by atoms with Crippen LogP contribution in [0.15, 0.2) is 23.9 Å². The summed E-state index contributed by atoms with van der Waals surface area (Å²) in [5.74, 6) is 0.183. The summed E-state index contributed by atoms with van der Waals surface area (Å²) in [6.07, 6.45) is 6.28. The largest absolute Gasteiger partial charge is 0.368 e. The van der Waals surface area contributed by atoms with E-state index < -0.39 is 0 Å². The van der Waals surface area contributed by atoms with Crippen molar-refractivity contribution < 1.29 is 4.79 Å². The molecule has 0 aromatic carbocycles. The van der Waals surface area contributed by atoms with Crippen LogP contribution in [0.5, 0.6) is 0 Å². The molecular formula is C12H20N2O. The van der Waals surface area contributed by atoms with E-state index in [9.17, 15) is 4.79 Å². The first-order valence-corrected chi connectivity index (χ1v) is 5.48. The summed E-state index contributed by atoms with van der Waals surface area (Å²) in [6, 6.07) is 0. The third-order valence-electron chi connectivity index (χ3n) is 2.72. The van der Waals surface area contributed by atoms with Crippen LogP contribution in [0.25, 0.3) is 0 Å². The molecule has 0 N–H and O–H groups in total. The van der Waals surface area contributed by atoms with E-state index in [1.165, 1.54) is 5.70 Å². The summed E-state index contributed by atoms with van der Waals surface area (Å²) in [6.45, 7) is 9.25. The fourth-order valence-electron chi connectivity index (χ4n) is 1.83. The van der Waals surface area contributed by atoms with Crippen LogP contribution in [0.1, 0.15) is 20.8 Å². The first-order chi connectivity index (χ1) is 7.19. The summed E-state index contributed by atoms with van der Waals surface area (Å²) in [5, 5.41) is 0. The molecule has 15 heavy (non-hydrogen) atoms. The van der Waals surface area contributed by atoms with Crippen LogP contribution in [0.4, 0.5) is 0 Å². The average Bonchev–Trinajstić information content (AvgIpc) is 2.26. The Morgan fingerprint density at radius 1 is 1.07 bits per heavy atom. The zero-order valence-electron chi connectivity index (χ0n) is 9.86. The lowest BCUT2D eigenvalue weighted by atomic mass is 10.2.